The first-order chi connectivity index (χ1) is 9.06. The van der Waals surface area contributed by atoms with Crippen molar-refractivity contribution in [2.45, 2.75) is 25.4 Å². The third-order valence-electron chi connectivity index (χ3n) is 3.37. The van der Waals surface area contributed by atoms with Crippen molar-refractivity contribution in [1.29, 1.82) is 0 Å². The Balaban J connectivity index is 2.04. The summed E-state index contributed by atoms with van der Waals surface area (Å²) < 4.78 is 0. The predicted molar refractivity (Wildman–Crippen MR) is 75.5 cm³/mol. The van der Waals surface area contributed by atoms with Crippen molar-refractivity contribution in [3.8, 4) is 0 Å². The minimum absolute atomic E-state index is 0.135. The smallest absolute Gasteiger partial charge is 0.273 e. The molecule has 0 saturated carbocycles. The van der Waals surface area contributed by atoms with Crippen LogP contribution in [0.3, 0.4) is 0 Å². The van der Waals surface area contributed by atoms with Gasteiger partial charge >= 0.3 is 0 Å². The summed E-state index contributed by atoms with van der Waals surface area (Å²) in [4.78, 5) is 12.7. The first-order valence-corrected chi connectivity index (χ1v) is 6.79. The Hall–Kier alpha value is -1.17. The van der Waals surface area contributed by atoms with Crippen molar-refractivity contribution in [3.05, 3.63) is 38.9 Å². The first-order valence-electron chi connectivity index (χ1n) is 6.41. The minimum Gasteiger partial charge on any atom is -0.313 e. The van der Waals surface area contributed by atoms with E-state index < -0.39 is 0 Å². The van der Waals surface area contributed by atoms with Gasteiger partial charge in [0.1, 0.15) is 0 Å². The number of hydrogen-bond donors (Lipinski definition) is 1. The SMILES string of the molecule is CN(Cc1cc(Cl)ccc1[N+](=O)[O-])CC1CCCN1. The van der Waals surface area contributed by atoms with Gasteiger partial charge in [0.05, 0.1) is 4.92 Å². The number of nitro groups is 1. The molecule has 19 heavy (non-hydrogen) atoms. The molecule has 0 bridgehead atoms. The highest BCUT2D eigenvalue weighted by molar-refractivity contribution is 6.30. The third-order valence-corrected chi connectivity index (χ3v) is 3.61. The zero-order valence-corrected chi connectivity index (χ0v) is 11.7. The zero-order chi connectivity index (χ0) is 13.8. The number of halogens is 1. The van der Waals surface area contributed by atoms with E-state index in [1.165, 1.54) is 18.9 Å². The molecule has 1 fully saturated rings. The maximum atomic E-state index is 11.0. The molecule has 2 rings (SSSR count). The summed E-state index contributed by atoms with van der Waals surface area (Å²) in [6.07, 6.45) is 2.37. The molecule has 0 aromatic heterocycles. The summed E-state index contributed by atoms with van der Waals surface area (Å²) in [6.45, 7) is 2.49. The van der Waals surface area contributed by atoms with Gasteiger partial charge in [-0.25, -0.2) is 0 Å². The number of likely N-dealkylation sites (N-methyl/N-ethyl adjacent to an activating group) is 1. The molecule has 1 heterocycles. The Bertz CT molecular complexity index is 461. The monoisotopic (exact) mass is 283 g/mol. The van der Waals surface area contributed by atoms with Crippen molar-refractivity contribution in [2.75, 3.05) is 20.1 Å². The summed E-state index contributed by atoms with van der Waals surface area (Å²) in [5.74, 6) is 0. The maximum Gasteiger partial charge on any atom is 0.273 e. The van der Waals surface area contributed by atoms with Gasteiger partial charge in [-0.2, -0.15) is 0 Å². The molecule has 0 amide bonds. The maximum absolute atomic E-state index is 11.0. The average Bonchev–Trinajstić information content (AvgIpc) is 2.81. The van der Waals surface area contributed by atoms with Crippen LogP contribution in [0.5, 0.6) is 0 Å². The standard InChI is InChI=1S/C13H18ClN3O2/c1-16(9-12-3-2-6-15-12)8-10-7-11(14)4-5-13(10)17(18)19/h4-5,7,12,15H,2-3,6,8-9H2,1H3. The molecule has 1 atom stereocenters. The van der Waals surface area contributed by atoms with Gasteiger partial charge in [0.25, 0.3) is 5.69 Å². The molecule has 0 radical (unpaired) electrons. The topological polar surface area (TPSA) is 58.4 Å². The normalized spacial score (nSPS) is 19.0. The van der Waals surface area contributed by atoms with Crippen LogP contribution in [0.15, 0.2) is 18.2 Å². The van der Waals surface area contributed by atoms with Crippen LogP contribution in [0.2, 0.25) is 5.02 Å². The lowest BCUT2D eigenvalue weighted by molar-refractivity contribution is -0.385. The van der Waals surface area contributed by atoms with Gasteiger partial charge < -0.3 is 10.2 Å². The van der Waals surface area contributed by atoms with Crippen LogP contribution in [0, 0.1) is 10.1 Å². The molecular formula is C13H18ClN3O2. The molecule has 1 saturated heterocycles. The fraction of sp³-hybridized carbons (Fsp3) is 0.538. The molecule has 1 aliphatic rings. The Morgan fingerprint density at radius 3 is 3.00 bits per heavy atom. The Morgan fingerprint density at radius 1 is 1.58 bits per heavy atom. The number of nitrogens with one attached hydrogen (secondary N) is 1. The zero-order valence-electron chi connectivity index (χ0n) is 10.9. The van der Waals surface area contributed by atoms with Crippen LogP contribution < -0.4 is 5.32 Å². The molecule has 0 spiro atoms. The molecule has 1 aliphatic heterocycles. The Kier molecular flexibility index (Phi) is 4.74. The van der Waals surface area contributed by atoms with Gasteiger partial charge in [-0.15, -0.1) is 0 Å². The average molecular weight is 284 g/mol. The lowest BCUT2D eigenvalue weighted by Crippen LogP contribution is -2.35. The van der Waals surface area contributed by atoms with Crippen LogP contribution in [-0.2, 0) is 6.54 Å². The molecular weight excluding hydrogens is 266 g/mol. The van der Waals surface area contributed by atoms with E-state index >= 15 is 0 Å². The van der Waals surface area contributed by atoms with E-state index in [4.69, 9.17) is 11.6 Å². The summed E-state index contributed by atoms with van der Waals surface area (Å²) >= 11 is 5.92. The quantitative estimate of drug-likeness (QED) is 0.666. The van der Waals surface area contributed by atoms with Gasteiger partial charge in [0, 0.05) is 35.8 Å². The highest BCUT2D eigenvalue weighted by Crippen LogP contribution is 2.24. The van der Waals surface area contributed by atoms with Crippen LogP contribution in [0.1, 0.15) is 18.4 Å². The molecule has 6 heteroatoms. The number of nitro benzene ring substituents is 1. The molecule has 1 N–H and O–H groups in total. The van der Waals surface area contributed by atoms with E-state index in [-0.39, 0.29) is 10.6 Å². The second-order valence-corrected chi connectivity index (χ2v) is 5.46. The van der Waals surface area contributed by atoms with Gasteiger partial charge in [-0.1, -0.05) is 11.6 Å². The van der Waals surface area contributed by atoms with E-state index in [0.29, 0.717) is 23.2 Å². The highest BCUT2D eigenvalue weighted by Gasteiger charge is 2.19. The minimum atomic E-state index is -0.354. The number of rotatable bonds is 5. The van der Waals surface area contributed by atoms with E-state index in [9.17, 15) is 10.1 Å². The fourth-order valence-electron chi connectivity index (χ4n) is 2.50. The molecule has 104 valence electrons. The molecule has 1 unspecified atom stereocenters. The van der Waals surface area contributed by atoms with Crippen molar-refractivity contribution in [3.63, 3.8) is 0 Å². The number of hydrogen-bond acceptors (Lipinski definition) is 4. The van der Waals surface area contributed by atoms with Crippen molar-refractivity contribution in [1.82, 2.24) is 10.2 Å². The fourth-order valence-corrected chi connectivity index (χ4v) is 2.70. The molecule has 1 aromatic carbocycles. The van der Waals surface area contributed by atoms with Crippen LogP contribution in [-0.4, -0.2) is 36.0 Å². The lowest BCUT2D eigenvalue weighted by Gasteiger charge is -2.21. The summed E-state index contributed by atoms with van der Waals surface area (Å²) in [5, 5.41) is 14.9. The van der Waals surface area contributed by atoms with Gasteiger partial charge in [-0.3, -0.25) is 10.1 Å². The van der Waals surface area contributed by atoms with E-state index in [1.807, 2.05) is 7.05 Å². The third kappa shape index (κ3) is 3.89. The largest absolute Gasteiger partial charge is 0.313 e. The van der Waals surface area contributed by atoms with Gasteiger partial charge in [-0.05, 0) is 38.6 Å². The second kappa shape index (κ2) is 6.32. The lowest BCUT2D eigenvalue weighted by atomic mass is 10.1. The van der Waals surface area contributed by atoms with Gasteiger partial charge in [0.2, 0.25) is 0 Å². The van der Waals surface area contributed by atoms with Crippen molar-refractivity contribution >= 4 is 17.3 Å². The van der Waals surface area contributed by atoms with Crippen molar-refractivity contribution < 1.29 is 4.92 Å². The first kappa shape index (κ1) is 14.2. The number of nitrogens with zero attached hydrogens (tertiary/aromatic N) is 2. The highest BCUT2D eigenvalue weighted by atomic mass is 35.5. The van der Waals surface area contributed by atoms with Gasteiger partial charge in [0.15, 0.2) is 0 Å². The van der Waals surface area contributed by atoms with Crippen LogP contribution >= 0.6 is 11.6 Å². The Morgan fingerprint density at radius 2 is 2.37 bits per heavy atom. The van der Waals surface area contributed by atoms with Crippen LogP contribution in [0.4, 0.5) is 5.69 Å². The van der Waals surface area contributed by atoms with E-state index in [2.05, 4.69) is 10.2 Å². The van der Waals surface area contributed by atoms with E-state index in [0.717, 1.165) is 13.1 Å². The van der Waals surface area contributed by atoms with Crippen molar-refractivity contribution in [2.24, 2.45) is 0 Å². The van der Waals surface area contributed by atoms with Crippen LogP contribution in [0.25, 0.3) is 0 Å². The molecule has 0 aliphatic carbocycles. The molecule has 5 nitrogen and oxygen atoms in total. The van der Waals surface area contributed by atoms with E-state index in [1.54, 1.807) is 12.1 Å². The summed E-state index contributed by atoms with van der Waals surface area (Å²) in [5.41, 5.74) is 0.800. The second-order valence-electron chi connectivity index (χ2n) is 5.02. The molecule has 1 aromatic rings. The number of benzene rings is 1. The predicted octanol–water partition coefficient (Wildman–Crippen LogP) is 2.43. The summed E-state index contributed by atoms with van der Waals surface area (Å²) in [7, 11) is 1.98. The Labute approximate surface area is 117 Å². The summed E-state index contributed by atoms with van der Waals surface area (Å²) in [6, 6.07) is 5.20.